The van der Waals surface area contributed by atoms with Crippen LogP contribution in [0.2, 0.25) is 0 Å². The number of nitrogens with two attached hydrogens (primary N) is 1. The summed E-state index contributed by atoms with van der Waals surface area (Å²) in [6, 6.07) is 11.8. The summed E-state index contributed by atoms with van der Waals surface area (Å²) in [5.41, 5.74) is 4.94. The predicted octanol–water partition coefficient (Wildman–Crippen LogP) is 2.40. The molecule has 0 saturated heterocycles. The molecule has 0 spiro atoms. The maximum Gasteiger partial charge on any atom is 0.0735 e. The van der Waals surface area contributed by atoms with Crippen LogP contribution in [-0.2, 0) is 0 Å². The zero-order chi connectivity index (χ0) is 11.4. The molecule has 0 saturated carbocycles. The van der Waals surface area contributed by atoms with E-state index in [-0.39, 0.29) is 6.04 Å². The Hall–Kier alpha value is -1.23. The lowest BCUT2D eigenvalue weighted by atomic mass is 10.0. The minimum atomic E-state index is -0.0516. The van der Waals surface area contributed by atoms with Gasteiger partial charge >= 0.3 is 0 Å². The highest BCUT2D eigenvalue weighted by molar-refractivity contribution is 9.10. The molecule has 2 aromatic rings. The summed E-state index contributed by atoms with van der Waals surface area (Å²) in [6.07, 6.45) is 3.56. The van der Waals surface area contributed by atoms with Gasteiger partial charge in [-0.05, 0) is 23.3 Å². The summed E-state index contributed by atoms with van der Waals surface area (Å²) in [5.74, 6) is 5.61. The van der Waals surface area contributed by atoms with E-state index in [4.69, 9.17) is 5.84 Å². The van der Waals surface area contributed by atoms with Crippen LogP contribution < -0.4 is 11.3 Å². The van der Waals surface area contributed by atoms with Crippen molar-refractivity contribution in [1.82, 2.24) is 10.4 Å². The van der Waals surface area contributed by atoms with E-state index < -0.39 is 0 Å². The first-order valence-electron chi connectivity index (χ1n) is 4.93. The third-order valence-electron chi connectivity index (χ3n) is 2.40. The van der Waals surface area contributed by atoms with Crippen LogP contribution in [0.3, 0.4) is 0 Å². The van der Waals surface area contributed by atoms with Crippen molar-refractivity contribution < 1.29 is 0 Å². The van der Waals surface area contributed by atoms with Gasteiger partial charge in [0.25, 0.3) is 0 Å². The highest BCUT2D eigenvalue weighted by Gasteiger charge is 2.14. The van der Waals surface area contributed by atoms with Gasteiger partial charge in [0.1, 0.15) is 0 Å². The second-order valence-electron chi connectivity index (χ2n) is 3.41. The lowest BCUT2D eigenvalue weighted by Crippen LogP contribution is -2.29. The molecule has 0 aliphatic heterocycles. The number of rotatable bonds is 3. The van der Waals surface area contributed by atoms with Crippen molar-refractivity contribution in [3.63, 3.8) is 0 Å². The van der Waals surface area contributed by atoms with Gasteiger partial charge in [-0.3, -0.25) is 10.8 Å². The molecular weight excluding hydrogens is 266 g/mol. The first kappa shape index (κ1) is 11.3. The average molecular weight is 278 g/mol. The quantitative estimate of drug-likeness (QED) is 0.669. The van der Waals surface area contributed by atoms with Gasteiger partial charge < -0.3 is 0 Å². The van der Waals surface area contributed by atoms with Crippen molar-refractivity contribution in [2.75, 3.05) is 0 Å². The Labute approximate surface area is 103 Å². The Morgan fingerprint density at radius 2 is 2.00 bits per heavy atom. The average Bonchev–Trinajstić information content (AvgIpc) is 2.34. The number of hydrogen-bond donors (Lipinski definition) is 2. The summed E-state index contributed by atoms with van der Waals surface area (Å²) in [6.45, 7) is 0. The molecule has 82 valence electrons. The van der Waals surface area contributed by atoms with E-state index in [1.54, 1.807) is 6.20 Å². The highest BCUT2D eigenvalue weighted by atomic mass is 79.9. The lowest BCUT2D eigenvalue weighted by Gasteiger charge is -2.17. The molecule has 3 nitrogen and oxygen atoms in total. The SMILES string of the molecule is NNC(c1cccnc1)c1ccccc1Br. The van der Waals surface area contributed by atoms with Crippen molar-refractivity contribution >= 4 is 15.9 Å². The zero-order valence-electron chi connectivity index (χ0n) is 8.60. The first-order chi connectivity index (χ1) is 7.83. The Kier molecular flexibility index (Phi) is 3.66. The number of halogens is 1. The van der Waals surface area contributed by atoms with Gasteiger partial charge in [-0.25, -0.2) is 5.43 Å². The van der Waals surface area contributed by atoms with Gasteiger partial charge in [-0.2, -0.15) is 0 Å². The van der Waals surface area contributed by atoms with Crippen LogP contribution in [-0.4, -0.2) is 4.98 Å². The second-order valence-corrected chi connectivity index (χ2v) is 4.26. The molecule has 0 amide bonds. The number of pyridine rings is 1. The Morgan fingerprint density at radius 3 is 2.62 bits per heavy atom. The normalized spacial score (nSPS) is 12.4. The summed E-state index contributed by atoms with van der Waals surface area (Å²) < 4.78 is 1.03. The maximum atomic E-state index is 5.61. The summed E-state index contributed by atoms with van der Waals surface area (Å²) in [7, 11) is 0. The minimum Gasteiger partial charge on any atom is -0.271 e. The summed E-state index contributed by atoms with van der Waals surface area (Å²) in [5, 5.41) is 0. The van der Waals surface area contributed by atoms with Crippen molar-refractivity contribution in [3.8, 4) is 0 Å². The molecule has 0 radical (unpaired) electrons. The second kappa shape index (κ2) is 5.21. The third-order valence-corrected chi connectivity index (χ3v) is 3.12. The van der Waals surface area contributed by atoms with E-state index in [0.717, 1.165) is 15.6 Å². The smallest absolute Gasteiger partial charge is 0.0735 e. The molecule has 1 heterocycles. The summed E-state index contributed by atoms with van der Waals surface area (Å²) in [4.78, 5) is 4.10. The summed E-state index contributed by atoms with van der Waals surface area (Å²) >= 11 is 3.52. The number of hydrogen-bond acceptors (Lipinski definition) is 3. The molecule has 0 aliphatic carbocycles. The standard InChI is InChI=1S/C12H12BrN3/c13-11-6-2-1-5-10(11)12(16-14)9-4-3-7-15-8-9/h1-8,12,16H,14H2. The number of benzene rings is 1. The molecule has 3 N–H and O–H groups in total. The van der Waals surface area contributed by atoms with Crippen LogP contribution in [0, 0.1) is 0 Å². The van der Waals surface area contributed by atoms with Crippen LogP contribution in [0.1, 0.15) is 17.2 Å². The Morgan fingerprint density at radius 1 is 1.19 bits per heavy atom. The van der Waals surface area contributed by atoms with Gasteiger partial charge in [-0.1, -0.05) is 40.2 Å². The van der Waals surface area contributed by atoms with Gasteiger partial charge in [0.05, 0.1) is 6.04 Å². The molecule has 1 atom stereocenters. The van der Waals surface area contributed by atoms with Crippen molar-refractivity contribution in [3.05, 3.63) is 64.4 Å². The van der Waals surface area contributed by atoms with Crippen LogP contribution in [0.15, 0.2) is 53.3 Å². The van der Waals surface area contributed by atoms with Crippen molar-refractivity contribution in [2.45, 2.75) is 6.04 Å². The van der Waals surface area contributed by atoms with Crippen LogP contribution >= 0.6 is 15.9 Å². The van der Waals surface area contributed by atoms with E-state index in [0.29, 0.717) is 0 Å². The van der Waals surface area contributed by atoms with Crippen LogP contribution in [0.4, 0.5) is 0 Å². The van der Waals surface area contributed by atoms with Crippen molar-refractivity contribution in [2.24, 2.45) is 5.84 Å². The maximum absolute atomic E-state index is 5.61. The third kappa shape index (κ3) is 2.29. The molecule has 1 aromatic heterocycles. The van der Waals surface area contributed by atoms with E-state index in [9.17, 15) is 0 Å². The van der Waals surface area contributed by atoms with E-state index >= 15 is 0 Å². The number of aromatic nitrogens is 1. The van der Waals surface area contributed by atoms with E-state index in [1.807, 2.05) is 42.6 Å². The number of nitrogens with zero attached hydrogens (tertiary/aromatic N) is 1. The van der Waals surface area contributed by atoms with Gasteiger partial charge in [-0.15, -0.1) is 0 Å². The zero-order valence-corrected chi connectivity index (χ0v) is 10.2. The molecule has 1 aromatic carbocycles. The largest absolute Gasteiger partial charge is 0.271 e. The molecule has 16 heavy (non-hydrogen) atoms. The molecule has 4 heteroatoms. The molecule has 1 unspecified atom stereocenters. The van der Waals surface area contributed by atoms with Gasteiger partial charge in [0.15, 0.2) is 0 Å². The van der Waals surface area contributed by atoms with Gasteiger partial charge in [0, 0.05) is 16.9 Å². The van der Waals surface area contributed by atoms with Crippen LogP contribution in [0.5, 0.6) is 0 Å². The highest BCUT2D eigenvalue weighted by Crippen LogP contribution is 2.27. The van der Waals surface area contributed by atoms with E-state index in [1.165, 1.54) is 0 Å². The fourth-order valence-corrected chi connectivity index (χ4v) is 2.14. The molecule has 0 fully saturated rings. The molecule has 0 bridgehead atoms. The monoisotopic (exact) mass is 277 g/mol. The molecule has 0 aliphatic rings. The lowest BCUT2D eigenvalue weighted by molar-refractivity contribution is 0.632. The topological polar surface area (TPSA) is 50.9 Å². The number of nitrogens with one attached hydrogen (secondary N) is 1. The van der Waals surface area contributed by atoms with Crippen molar-refractivity contribution in [1.29, 1.82) is 0 Å². The van der Waals surface area contributed by atoms with E-state index in [2.05, 4.69) is 26.3 Å². The molecular formula is C12H12BrN3. The fourth-order valence-electron chi connectivity index (χ4n) is 1.62. The van der Waals surface area contributed by atoms with Crippen LogP contribution in [0.25, 0.3) is 0 Å². The Balaban J connectivity index is 2.41. The predicted molar refractivity (Wildman–Crippen MR) is 67.5 cm³/mol. The number of hydrazine groups is 1. The molecule has 2 rings (SSSR count). The fraction of sp³-hybridized carbons (Fsp3) is 0.0833. The Bertz CT molecular complexity index is 459. The minimum absolute atomic E-state index is 0.0516. The van der Waals surface area contributed by atoms with Gasteiger partial charge in [0.2, 0.25) is 0 Å². The first-order valence-corrected chi connectivity index (χ1v) is 5.72.